The van der Waals surface area contributed by atoms with Gasteiger partial charge in [0, 0.05) is 24.3 Å². The third-order valence-electron chi connectivity index (χ3n) is 2.57. The van der Waals surface area contributed by atoms with Crippen LogP contribution in [0.1, 0.15) is 19.4 Å². The molecule has 0 radical (unpaired) electrons. The molecule has 0 spiro atoms. The van der Waals surface area contributed by atoms with Crippen LogP contribution in [0.25, 0.3) is 0 Å². The normalized spacial score (nSPS) is 13.5. The minimum atomic E-state index is -1.13. The van der Waals surface area contributed by atoms with Gasteiger partial charge in [-0.1, -0.05) is 19.9 Å². The number of ether oxygens (including phenoxy) is 1. The number of nitrogens with zero attached hydrogens (tertiary/aromatic N) is 1. The SMILES string of the molecule is COC(C(=O)O)C(C)(C)c1cccnc1F. The van der Waals surface area contributed by atoms with E-state index >= 15 is 0 Å². The van der Waals surface area contributed by atoms with E-state index in [0.717, 1.165) is 0 Å². The molecule has 1 unspecified atom stereocenters. The second-order valence-corrected chi connectivity index (χ2v) is 4.02. The molecule has 0 bridgehead atoms. The molecule has 0 aromatic carbocycles. The summed E-state index contributed by atoms with van der Waals surface area (Å²) >= 11 is 0. The molecule has 0 saturated carbocycles. The van der Waals surface area contributed by atoms with Crippen molar-refractivity contribution < 1.29 is 19.0 Å². The van der Waals surface area contributed by atoms with Crippen LogP contribution in [0.2, 0.25) is 0 Å². The summed E-state index contributed by atoms with van der Waals surface area (Å²) in [5.74, 6) is -1.80. The van der Waals surface area contributed by atoms with Crippen LogP contribution in [-0.2, 0) is 14.9 Å². The standard InChI is InChI=1S/C11H14FNO3/c1-11(2,8(16-3)10(14)15)7-5-4-6-13-9(7)12/h4-6,8H,1-3H3,(H,14,15). The second kappa shape index (κ2) is 4.57. The smallest absolute Gasteiger partial charge is 0.333 e. The number of methoxy groups -OCH3 is 1. The van der Waals surface area contributed by atoms with Gasteiger partial charge in [0.1, 0.15) is 0 Å². The first kappa shape index (κ1) is 12.6. The van der Waals surface area contributed by atoms with Crippen LogP contribution in [0.4, 0.5) is 4.39 Å². The molecule has 1 aromatic rings. The first-order valence-corrected chi connectivity index (χ1v) is 4.78. The molecule has 1 atom stereocenters. The molecule has 1 heterocycles. The predicted octanol–water partition coefficient (Wildman–Crippen LogP) is 1.60. The van der Waals surface area contributed by atoms with E-state index in [2.05, 4.69) is 4.98 Å². The fourth-order valence-electron chi connectivity index (χ4n) is 1.71. The van der Waals surface area contributed by atoms with Crippen molar-refractivity contribution in [3.8, 4) is 0 Å². The molecule has 5 heteroatoms. The van der Waals surface area contributed by atoms with Crippen LogP contribution in [-0.4, -0.2) is 29.3 Å². The summed E-state index contributed by atoms with van der Waals surface area (Å²) in [6.07, 6.45) is 0.198. The summed E-state index contributed by atoms with van der Waals surface area (Å²) in [5.41, 5.74) is -0.761. The Kier molecular flexibility index (Phi) is 3.59. The number of rotatable bonds is 4. The van der Waals surface area contributed by atoms with Crippen molar-refractivity contribution >= 4 is 5.97 Å². The largest absolute Gasteiger partial charge is 0.479 e. The Labute approximate surface area is 93.1 Å². The van der Waals surface area contributed by atoms with E-state index in [1.807, 2.05) is 0 Å². The van der Waals surface area contributed by atoms with E-state index < -0.39 is 23.4 Å². The highest BCUT2D eigenvalue weighted by atomic mass is 19.1. The molecule has 4 nitrogen and oxygen atoms in total. The number of carboxylic acids is 1. The highest BCUT2D eigenvalue weighted by Crippen LogP contribution is 2.30. The van der Waals surface area contributed by atoms with Crippen molar-refractivity contribution in [3.05, 3.63) is 29.8 Å². The average molecular weight is 227 g/mol. The zero-order chi connectivity index (χ0) is 12.3. The Hall–Kier alpha value is -1.49. The molecule has 1 aromatic heterocycles. The lowest BCUT2D eigenvalue weighted by atomic mass is 9.80. The van der Waals surface area contributed by atoms with Crippen molar-refractivity contribution in [1.29, 1.82) is 0 Å². The Morgan fingerprint density at radius 3 is 2.69 bits per heavy atom. The predicted molar refractivity (Wildman–Crippen MR) is 55.7 cm³/mol. The van der Waals surface area contributed by atoms with E-state index in [1.165, 1.54) is 19.4 Å². The van der Waals surface area contributed by atoms with Crippen LogP contribution < -0.4 is 0 Å². The molecule has 0 fully saturated rings. The monoisotopic (exact) mass is 227 g/mol. The van der Waals surface area contributed by atoms with Gasteiger partial charge in [0.15, 0.2) is 6.10 Å². The van der Waals surface area contributed by atoms with Gasteiger partial charge in [0.25, 0.3) is 0 Å². The molecule has 1 N–H and O–H groups in total. The lowest BCUT2D eigenvalue weighted by molar-refractivity contribution is -0.152. The Balaban J connectivity index is 3.19. The van der Waals surface area contributed by atoms with Gasteiger partial charge in [-0.2, -0.15) is 4.39 Å². The van der Waals surface area contributed by atoms with Crippen molar-refractivity contribution in [1.82, 2.24) is 4.98 Å². The summed E-state index contributed by atoms with van der Waals surface area (Å²) in [6.45, 7) is 3.21. The maximum absolute atomic E-state index is 13.5. The number of carbonyl (C=O) groups is 1. The molecule has 0 aliphatic heterocycles. The lowest BCUT2D eigenvalue weighted by Crippen LogP contribution is -2.42. The first-order valence-electron chi connectivity index (χ1n) is 4.78. The molecule has 16 heavy (non-hydrogen) atoms. The molecular weight excluding hydrogens is 213 g/mol. The minimum Gasteiger partial charge on any atom is -0.479 e. The summed E-state index contributed by atoms with van der Waals surface area (Å²) in [7, 11) is 1.29. The van der Waals surface area contributed by atoms with E-state index in [-0.39, 0.29) is 5.56 Å². The van der Waals surface area contributed by atoms with Crippen LogP contribution in [0.5, 0.6) is 0 Å². The quantitative estimate of drug-likeness (QED) is 0.794. The molecular formula is C11H14FNO3. The maximum atomic E-state index is 13.5. The van der Waals surface area contributed by atoms with E-state index in [1.54, 1.807) is 19.9 Å². The highest BCUT2D eigenvalue weighted by Gasteiger charge is 2.39. The van der Waals surface area contributed by atoms with Gasteiger partial charge in [0.05, 0.1) is 0 Å². The van der Waals surface area contributed by atoms with Gasteiger partial charge in [-0.3, -0.25) is 0 Å². The van der Waals surface area contributed by atoms with Crippen molar-refractivity contribution in [2.24, 2.45) is 0 Å². The van der Waals surface area contributed by atoms with E-state index in [4.69, 9.17) is 9.84 Å². The molecule has 0 saturated heterocycles. The number of pyridine rings is 1. The topological polar surface area (TPSA) is 59.4 Å². The Bertz CT molecular complexity index is 393. The van der Waals surface area contributed by atoms with Gasteiger partial charge in [-0.25, -0.2) is 9.78 Å². The van der Waals surface area contributed by atoms with Crippen molar-refractivity contribution in [2.45, 2.75) is 25.4 Å². The third-order valence-corrected chi connectivity index (χ3v) is 2.57. The number of aliphatic carboxylic acids is 1. The lowest BCUT2D eigenvalue weighted by Gasteiger charge is -2.30. The van der Waals surface area contributed by atoms with Crippen LogP contribution in [0.3, 0.4) is 0 Å². The molecule has 88 valence electrons. The van der Waals surface area contributed by atoms with E-state index in [0.29, 0.717) is 0 Å². The summed E-state index contributed by atoms with van der Waals surface area (Å²) in [4.78, 5) is 14.5. The zero-order valence-corrected chi connectivity index (χ0v) is 9.40. The number of hydrogen-bond donors (Lipinski definition) is 1. The summed E-state index contributed by atoms with van der Waals surface area (Å²) in [6, 6.07) is 3.08. The third kappa shape index (κ3) is 2.19. The van der Waals surface area contributed by atoms with Gasteiger partial charge < -0.3 is 9.84 Å². The first-order chi connectivity index (χ1) is 7.41. The van der Waals surface area contributed by atoms with Gasteiger partial charge in [0.2, 0.25) is 5.95 Å². The molecule has 0 amide bonds. The molecule has 0 aliphatic carbocycles. The second-order valence-electron chi connectivity index (χ2n) is 4.02. The number of carboxylic acid groups (broad SMARTS) is 1. The number of halogens is 1. The highest BCUT2D eigenvalue weighted by molar-refractivity contribution is 5.74. The minimum absolute atomic E-state index is 0.226. The van der Waals surface area contributed by atoms with Gasteiger partial charge in [-0.05, 0) is 6.07 Å². The summed E-state index contributed by atoms with van der Waals surface area (Å²) in [5, 5.41) is 8.99. The van der Waals surface area contributed by atoms with Crippen molar-refractivity contribution in [2.75, 3.05) is 7.11 Å². The average Bonchev–Trinajstić information content (AvgIpc) is 2.17. The fourth-order valence-corrected chi connectivity index (χ4v) is 1.71. The van der Waals surface area contributed by atoms with Crippen LogP contribution >= 0.6 is 0 Å². The molecule has 0 aliphatic rings. The van der Waals surface area contributed by atoms with Crippen LogP contribution in [0.15, 0.2) is 18.3 Å². The van der Waals surface area contributed by atoms with Gasteiger partial charge in [-0.15, -0.1) is 0 Å². The van der Waals surface area contributed by atoms with E-state index in [9.17, 15) is 9.18 Å². The fraction of sp³-hybridized carbons (Fsp3) is 0.455. The Morgan fingerprint density at radius 2 is 2.25 bits per heavy atom. The number of hydrogen-bond acceptors (Lipinski definition) is 3. The number of aromatic nitrogens is 1. The van der Waals surface area contributed by atoms with Crippen LogP contribution in [0, 0.1) is 5.95 Å². The summed E-state index contributed by atoms with van der Waals surface area (Å²) < 4.78 is 18.4. The van der Waals surface area contributed by atoms with Crippen molar-refractivity contribution in [3.63, 3.8) is 0 Å². The van der Waals surface area contributed by atoms with Gasteiger partial charge >= 0.3 is 5.97 Å². The zero-order valence-electron chi connectivity index (χ0n) is 9.40. The maximum Gasteiger partial charge on any atom is 0.333 e. The molecule has 1 rings (SSSR count). The Morgan fingerprint density at radius 1 is 1.62 bits per heavy atom.